The number of aliphatic hydroxyl groups is 2. The van der Waals surface area contributed by atoms with Crippen LogP contribution >= 0.6 is 0 Å². The van der Waals surface area contributed by atoms with Crippen molar-refractivity contribution in [1.29, 1.82) is 0 Å². The summed E-state index contributed by atoms with van der Waals surface area (Å²) in [5.74, 6) is 7.46. The second-order valence-corrected chi connectivity index (χ2v) is 5.71. The van der Waals surface area contributed by atoms with E-state index in [1.807, 2.05) is 48.5 Å². The summed E-state index contributed by atoms with van der Waals surface area (Å²) in [5.41, 5.74) is 3.76. The molecular weight excluding hydrogens is 304 g/mol. The van der Waals surface area contributed by atoms with E-state index in [1.165, 1.54) is 4.68 Å². The van der Waals surface area contributed by atoms with Crippen LogP contribution in [0.3, 0.4) is 0 Å². The first-order chi connectivity index (χ1) is 11.7. The van der Waals surface area contributed by atoms with E-state index < -0.39 is 0 Å². The van der Waals surface area contributed by atoms with Crippen molar-refractivity contribution in [3.63, 3.8) is 0 Å². The van der Waals surface area contributed by atoms with Gasteiger partial charge in [-0.3, -0.25) is 0 Å². The van der Waals surface area contributed by atoms with Crippen molar-refractivity contribution in [3.05, 3.63) is 82.4 Å². The molecule has 0 bridgehead atoms. The molecule has 3 rings (SSSR count). The topological polar surface area (TPSA) is 97.2 Å². The molecule has 0 fully saturated rings. The van der Waals surface area contributed by atoms with Gasteiger partial charge < -0.3 is 16.1 Å². The van der Waals surface area contributed by atoms with Crippen molar-refractivity contribution < 1.29 is 10.2 Å². The normalized spacial score (nSPS) is 10.9. The first-order valence-electron chi connectivity index (χ1n) is 7.75. The molecule has 0 aliphatic carbocycles. The molecule has 0 unspecified atom stereocenters. The van der Waals surface area contributed by atoms with Crippen LogP contribution in [0.4, 0.5) is 0 Å². The minimum absolute atomic E-state index is 0.00953. The van der Waals surface area contributed by atoms with Gasteiger partial charge in [0.15, 0.2) is 11.6 Å². The van der Waals surface area contributed by atoms with Crippen LogP contribution in [-0.4, -0.2) is 25.1 Å². The highest BCUT2D eigenvalue weighted by Crippen LogP contribution is 2.13. The summed E-state index contributed by atoms with van der Waals surface area (Å²) in [7, 11) is 0. The van der Waals surface area contributed by atoms with Gasteiger partial charge in [0.25, 0.3) is 0 Å². The zero-order valence-electron chi connectivity index (χ0n) is 13.3. The number of aromatic nitrogens is 3. The van der Waals surface area contributed by atoms with Crippen molar-refractivity contribution >= 4 is 0 Å². The molecule has 0 spiro atoms. The maximum absolute atomic E-state index is 9.22. The van der Waals surface area contributed by atoms with Crippen molar-refractivity contribution in [2.75, 3.05) is 5.84 Å². The van der Waals surface area contributed by atoms with Gasteiger partial charge in [-0.25, -0.2) is 4.68 Å². The van der Waals surface area contributed by atoms with Crippen LogP contribution in [0.2, 0.25) is 0 Å². The van der Waals surface area contributed by atoms with E-state index in [4.69, 9.17) is 5.84 Å². The summed E-state index contributed by atoms with van der Waals surface area (Å²) >= 11 is 0. The number of aliphatic hydroxyl groups excluding tert-OH is 2. The Morgan fingerprint density at radius 3 is 1.58 bits per heavy atom. The van der Waals surface area contributed by atoms with Gasteiger partial charge in [-0.05, 0) is 22.3 Å². The Labute approximate surface area is 140 Å². The highest BCUT2D eigenvalue weighted by molar-refractivity contribution is 5.27. The standard InChI is InChI=1S/C18H20N4O2/c19-22-17(9-13-3-1-5-15(7-13)11-23)20-21-18(22)10-14-4-2-6-16(8-14)12-24/h1-8,23-24H,9-12,19H2. The van der Waals surface area contributed by atoms with Gasteiger partial charge >= 0.3 is 0 Å². The van der Waals surface area contributed by atoms with Gasteiger partial charge in [-0.15, -0.1) is 10.2 Å². The molecule has 4 N–H and O–H groups in total. The Morgan fingerprint density at radius 2 is 1.17 bits per heavy atom. The number of nitrogens with two attached hydrogens (primary N) is 1. The van der Waals surface area contributed by atoms with Crippen molar-refractivity contribution in [2.24, 2.45) is 0 Å². The van der Waals surface area contributed by atoms with Crippen LogP contribution in [0.15, 0.2) is 48.5 Å². The summed E-state index contributed by atoms with van der Waals surface area (Å²) in [6.45, 7) is 0.0191. The van der Waals surface area contributed by atoms with Crippen molar-refractivity contribution in [1.82, 2.24) is 14.9 Å². The summed E-state index contributed by atoms with van der Waals surface area (Å²) in [6, 6.07) is 15.3. The second kappa shape index (κ2) is 7.25. The second-order valence-electron chi connectivity index (χ2n) is 5.71. The summed E-state index contributed by atoms with van der Waals surface area (Å²) < 4.78 is 1.51. The summed E-state index contributed by atoms with van der Waals surface area (Å²) in [4.78, 5) is 0. The molecule has 0 aliphatic rings. The van der Waals surface area contributed by atoms with Crippen LogP contribution in [0.5, 0.6) is 0 Å². The number of nitrogens with zero attached hydrogens (tertiary/aromatic N) is 3. The highest BCUT2D eigenvalue weighted by atomic mass is 16.3. The Kier molecular flexibility index (Phi) is 4.88. The van der Waals surface area contributed by atoms with Gasteiger partial charge in [-0.1, -0.05) is 48.5 Å². The predicted octanol–water partition coefficient (Wildman–Crippen LogP) is 1.16. The van der Waals surface area contributed by atoms with Gasteiger partial charge in [-0.2, -0.15) is 0 Å². The maximum Gasteiger partial charge on any atom is 0.156 e. The predicted molar refractivity (Wildman–Crippen MR) is 90.5 cm³/mol. The molecule has 0 aliphatic heterocycles. The van der Waals surface area contributed by atoms with E-state index in [9.17, 15) is 10.2 Å². The zero-order valence-corrected chi connectivity index (χ0v) is 13.3. The lowest BCUT2D eigenvalue weighted by molar-refractivity contribution is 0.281. The number of benzene rings is 2. The third kappa shape index (κ3) is 3.61. The van der Waals surface area contributed by atoms with E-state index in [1.54, 1.807) is 0 Å². The average molecular weight is 324 g/mol. The van der Waals surface area contributed by atoms with Crippen molar-refractivity contribution in [2.45, 2.75) is 26.1 Å². The molecule has 0 amide bonds. The smallest absolute Gasteiger partial charge is 0.156 e. The summed E-state index contributed by atoms with van der Waals surface area (Å²) in [5, 5.41) is 26.8. The first kappa shape index (κ1) is 16.2. The largest absolute Gasteiger partial charge is 0.392 e. The van der Waals surface area contributed by atoms with E-state index in [-0.39, 0.29) is 13.2 Å². The molecule has 124 valence electrons. The molecule has 1 heterocycles. The highest BCUT2D eigenvalue weighted by Gasteiger charge is 2.11. The number of hydrogen-bond donors (Lipinski definition) is 3. The van der Waals surface area contributed by atoms with Gasteiger partial charge in [0.1, 0.15) is 0 Å². The Balaban J connectivity index is 1.77. The number of nitrogen functional groups attached to an aromatic ring is 1. The SMILES string of the molecule is Nn1c(Cc2cccc(CO)c2)nnc1Cc1cccc(CO)c1. The van der Waals surface area contributed by atoms with Crippen LogP contribution in [-0.2, 0) is 26.1 Å². The van der Waals surface area contributed by atoms with E-state index >= 15 is 0 Å². The lowest BCUT2D eigenvalue weighted by Crippen LogP contribution is -2.17. The van der Waals surface area contributed by atoms with Gasteiger partial charge in [0, 0.05) is 12.8 Å². The third-order valence-corrected chi connectivity index (χ3v) is 3.91. The van der Waals surface area contributed by atoms with Gasteiger partial charge in [0.2, 0.25) is 0 Å². The van der Waals surface area contributed by atoms with Crippen molar-refractivity contribution in [3.8, 4) is 0 Å². The van der Waals surface area contributed by atoms with Gasteiger partial charge in [0.05, 0.1) is 13.2 Å². The number of hydrogen-bond acceptors (Lipinski definition) is 5. The fourth-order valence-corrected chi connectivity index (χ4v) is 2.64. The molecule has 6 nitrogen and oxygen atoms in total. The zero-order chi connectivity index (χ0) is 16.9. The monoisotopic (exact) mass is 324 g/mol. The molecule has 0 saturated carbocycles. The molecule has 0 saturated heterocycles. The van der Waals surface area contributed by atoms with Crippen LogP contribution in [0.1, 0.15) is 33.9 Å². The van der Waals surface area contributed by atoms with Crippen LogP contribution in [0, 0.1) is 0 Å². The first-order valence-corrected chi connectivity index (χ1v) is 7.75. The lowest BCUT2D eigenvalue weighted by Gasteiger charge is -2.06. The minimum Gasteiger partial charge on any atom is -0.392 e. The van der Waals surface area contributed by atoms with E-state index in [2.05, 4.69) is 10.2 Å². The Bertz CT molecular complexity index is 762. The molecule has 6 heteroatoms. The Morgan fingerprint density at radius 1 is 0.750 bits per heavy atom. The van der Waals surface area contributed by atoms with Crippen LogP contribution in [0.25, 0.3) is 0 Å². The quantitative estimate of drug-likeness (QED) is 0.591. The molecule has 2 aromatic carbocycles. The lowest BCUT2D eigenvalue weighted by atomic mass is 10.1. The summed E-state index contributed by atoms with van der Waals surface area (Å²) in [6.07, 6.45) is 1.10. The van der Waals surface area contributed by atoms with E-state index in [0.717, 1.165) is 22.3 Å². The molecular formula is C18H20N4O2. The Hall–Kier alpha value is -2.70. The molecule has 1 aromatic heterocycles. The third-order valence-electron chi connectivity index (χ3n) is 3.91. The fraction of sp³-hybridized carbons (Fsp3) is 0.222. The maximum atomic E-state index is 9.22. The molecule has 3 aromatic rings. The number of rotatable bonds is 6. The molecule has 0 atom stereocenters. The molecule has 24 heavy (non-hydrogen) atoms. The fourth-order valence-electron chi connectivity index (χ4n) is 2.64. The van der Waals surface area contributed by atoms with E-state index in [0.29, 0.717) is 24.5 Å². The minimum atomic E-state index is 0.00953. The average Bonchev–Trinajstić information content (AvgIpc) is 2.95. The molecule has 0 radical (unpaired) electrons. The van der Waals surface area contributed by atoms with Crippen LogP contribution < -0.4 is 5.84 Å².